The maximum Gasteiger partial charge on any atom is 0.262 e. The standard InChI is InChI=1S/C13H10N2O2/c16-13-8-17-12-4-3-9(6-11(12)15-13)10-2-1-5-14-7-10/h1-7H,8H2,(H,15,16). The summed E-state index contributed by atoms with van der Waals surface area (Å²) in [5.41, 5.74) is 2.72. The number of hydrogen-bond donors (Lipinski definition) is 1. The lowest BCUT2D eigenvalue weighted by Crippen LogP contribution is -2.25. The first-order chi connectivity index (χ1) is 8.33. The van der Waals surface area contributed by atoms with Gasteiger partial charge in [-0.25, -0.2) is 0 Å². The second-order valence-electron chi connectivity index (χ2n) is 3.79. The third-order valence-corrected chi connectivity index (χ3v) is 2.61. The Morgan fingerprint density at radius 3 is 3.00 bits per heavy atom. The van der Waals surface area contributed by atoms with Gasteiger partial charge in [-0.3, -0.25) is 9.78 Å². The van der Waals surface area contributed by atoms with Crippen LogP contribution in [0.15, 0.2) is 42.7 Å². The summed E-state index contributed by atoms with van der Waals surface area (Å²) in [4.78, 5) is 15.3. The fourth-order valence-electron chi connectivity index (χ4n) is 1.80. The molecule has 1 aliphatic rings. The number of benzene rings is 1. The lowest BCUT2D eigenvalue weighted by molar-refractivity contribution is -0.118. The van der Waals surface area contributed by atoms with Gasteiger partial charge in [0.2, 0.25) is 0 Å². The average molecular weight is 226 g/mol. The summed E-state index contributed by atoms with van der Waals surface area (Å²) in [6.07, 6.45) is 3.51. The van der Waals surface area contributed by atoms with Crippen LogP contribution in [0.1, 0.15) is 0 Å². The molecule has 1 aliphatic heterocycles. The zero-order valence-corrected chi connectivity index (χ0v) is 9.01. The van der Waals surface area contributed by atoms with Crippen molar-refractivity contribution in [1.29, 1.82) is 0 Å². The molecule has 0 unspecified atom stereocenters. The minimum absolute atomic E-state index is 0.0826. The van der Waals surface area contributed by atoms with Gasteiger partial charge < -0.3 is 10.1 Å². The maximum atomic E-state index is 11.2. The molecule has 0 spiro atoms. The Kier molecular flexibility index (Phi) is 2.26. The molecule has 2 heterocycles. The molecule has 0 radical (unpaired) electrons. The minimum Gasteiger partial charge on any atom is -0.482 e. The lowest BCUT2D eigenvalue weighted by atomic mass is 10.1. The zero-order valence-electron chi connectivity index (χ0n) is 9.01. The predicted octanol–water partition coefficient (Wildman–Crippen LogP) is 2.08. The number of aromatic nitrogens is 1. The normalized spacial score (nSPS) is 13.5. The number of hydrogen-bond acceptors (Lipinski definition) is 3. The van der Waals surface area contributed by atoms with Gasteiger partial charge in [-0.2, -0.15) is 0 Å². The SMILES string of the molecule is O=C1COc2ccc(-c3cccnc3)cc2N1. The number of rotatable bonds is 1. The molecule has 4 nitrogen and oxygen atoms in total. The minimum atomic E-state index is -0.124. The molecule has 1 aromatic heterocycles. The van der Waals surface area contributed by atoms with Crippen molar-refractivity contribution in [2.45, 2.75) is 0 Å². The van der Waals surface area contributed by atoms with Gasteiger partial charge in [-0.05, 0) is 23.8 Å². The molecule has 0 bridgehead atoms. The van der Waals surface area contributed by atoms with Gasteiger partial charge in [0, 0.05) is 18.0 Å². The summed E-state index contributed by atoms with van der Waals surface area (Å²) in [7, 11) is 0. The topological polar surface area (TPSA) is 51.2 Å². The summed E-state index contributed by atoms with van der Waals surface area (Å²) in [5, 5.41) is 2.79. The molecule has 1 amide bonds. The summed E-state index contributed by atoms with van der Waals surface area (Å²) in [5.74, 6) is 0.582. The molecule has 1 N–H and O–H groups in total. The van der Waals surface area contributed by atoms with Crippen molar-refractivity contribution in [3.63, 3.8) is 0 Å². The van der Waals surface area contributed by atoms with Crippen LogP contribution < -0.4 is 10.1 Å². The van der Waals surface area contributed by atoms with Gasteiger partial charge in [-0.1, -0.05) is 12.1 Å². The highest BCUT2D eigenvalue weighted by atomic mass is 16.5. The first kappa shape index (κ1) is 9.84. The molecular weight excluding hydrogens is 216 g/mol. The number of amides is 1. The second-order valence-corrected chi connectivity index (χ2v) is 3.79. The quantitative estimate of drug-likeness (QED) is 0.809. The van der Waals surface area contributed by atoms with E-state index in [1.165, 1.54) is 0 Å². The second kappa shape index (κ2) is 3.90. The number of ether oxygens (including phenoxy) is 1. The number of nitrogens with zero attached hydrogens (tertiary/aromatic N) is 1. The lowest BCUT2D eigenvalue weighted by Gasteiger charge is -2.18. The molecule has 0 atom stereocenters. The van der Waals surface area contributed by atoms with E-state index in [-0.39, 0.29) is 12.5 Å². The van der Waals surface area contributed by atoms with Gasteiger partial charge in [-0.15, -0.1) is 0 Å². The van der Waals surface area contributed by atoms with Crippen LogP contribution in [-0.4, -0.2) is 17.5 Å². The predicted molar refractivity (Wildman–Crippen MR) is 63.8 cm³/mol. The van der Waals surface area contributed by atoms with Crippen LogP contribution in [-0.2, 0) is 4.79 Å². The van der Waals surface area contributed by atoms with E-state index in [1.807, 2.05) is 30.3 Å². The van der Waals surface area contributed by atoms with Crippen molar-refractivity contribution < 1.29 is 9.53 Å². The number of nitrogens with one attached hydrogen (secondary N) is 1. The van der Waals surface area contributed by atoms with Crippen LogP contribution in [0, 0.1) is 0 Å². The number of fused-ring (bicyclic) bond motifs is 1. The zero-order chi connectivity index (χ0) is 11.7. The Morgan fingerprint density at radius 1 is 1.24 bits per heavy atom. The highest BCUT2D eigenvalue weighted by Crippen LogP contribution is 2.32. The summed E-state index contributed by atoms with van der Waals surface area (Å²) in [6, 6.07) is 9.55. The summed E-state index contributed by atoms with van der Waals surface area (Å²) in [6.45, 7) is 0.0826. The van der Waals surface area contributed by atoms with E-state index in [4.69, 9.17) is 4.74 Å². The molecule has 17 heavy (non-hydrogen) atoms. The van der Waals surface area contributed by atoms with Crippen LogP contribution in [0.25, 0.3) is 11.1 Å². The molecule has 0 saturated heterocycles. The third kappa shape index (κ3) is 1.85. The van der Waals surface area contributed by atoms with Gasteiger partial charge in [0.05, 0.1) is 5.69 Å². The van der Waals surface area contributed by atoms with Crippen LogP contribution >= 0.6 is 0 Å². The number of carbonyl (C=O) groups excluding carboxylic acids is 1. The largest absolute Gasteiger partial charge is 0.482 e. The van der Waals surface area contributed by atoms with Gasteiger partial charge in [0.1, 0.15) is 5.75 Å². The van der Waals surface area contributed by atoms with Crippen molar-refractivity contribution in [1.82, 2.24) is 4.98 Å². The molecular formula is C13H10N2O2. The van der Waals surface area contributed by atoms with Crippen molar-refractivity contribution >= 4 is 11.6 Å². The highest BCUT2D eigenvalue weighted by molar-refractivity contribution is 5.96. The highest BCUT2D eigenvalue weighted by Gasteiger charge is 2.16. The molecule has 3 rings (SSSR count). The Bertz CT molecular complexity index is 567. The summed E-state index contributed by atoms with van der Waals surface area (Å²) >= 11 is 0. The monoisotopic (exact) mass is 226 g/mol. The van der Waals surface area contributed by atoms with E-state index in [9.17, 15) is 4.79 Å². The van der Waals surface area contributed by atoms with E-state index in [0.717, 1.165) is 11.1 Å². The van der Waals surface area contributed by atoms with Crippen LogP contribution in [0.5, 0.6) is 5.75 Å². The Morgan fingerprint density at radius 2 is 2.18 bits per heavy atom. The molecule has 0 fully saturated rings. The maximum absolute atomic E-state index is 11.2. The van der Waals surface area contributed by atoms with Crippen molar-refractivity contribution in [2.24, 2.45) is 0 Å². The van der Waals surface area contributed by atoms with Crippen molar-refractivity contribution in [3.8, 4) is 16.9 Å². The van der Waals surface area contributed by atoms with Crippen LogP contribution in [0.2, 0.25) is 0 Å². The Balaban J connectivity index is 2.04. The molecule has 1 aromatic carbocycles. The fourth-order valence-corrected chi connectivity index (χ4v) is 1.80. The fraction of sp³-hybridized carbons (Fsp3) is 0.0769. The molecule has 84 valence electrons. The van der Waals surface area contributed by atoms with Crippen molar-refractivity contribution in [3.05, 3.63) is 42.7 Å². The van der Waals surface area contributed by atoms with E-state index in [2.05, 4.69) is 10.3 Å². The number of anilines is 1. The van der Waals surface area contributed by atoms with Gasteiger partial charge in [0.15, 0.2) is 6.61 Å². The molecule has 0 aliphatic carbocycles. The summed E-state index contributed by atoms with van der Waals surface area (Å²) < 4.78 is 5.30. The number of pyridine rings is 1. The van der Waals surface area contributed by atoms with E-state index in [0.29, 0.717) is 11.4 Å². The van der Waals surface area contributed by atoms with E-state index >= 15 is 0 Å². The Hall–Kier alpha value is -2.36. The van der Waals surface area contributed by atoms with Crippen LogP contribution in [0.4, 0.5) is 5.69 Å². The van der Waals surface area contributed by atoms with E-state index in [1.54, 1.807) is 12.4 Å². The average Bonchev–Trinajstić information content (AvgIpc) is 2.39. The molecule has 0 saturated carbocycles. The smallest absolute Gasteiger partial charge is 0.262 e. The Labute approximate surface area is 98.3 Å². The molecule has 4 heteroatoms. The molecule has 2 aromatic rings. The van der Waals surface area contributed by atoms with Crippen molar-refractivity contribution in [2.75, 3.05) is 11.9 Å². The van der Waals surface area contributed by atoms with Gasteiger partial charge in [0.25, 0.3) is 5.91 Å². The third-order valence-electron chi connectivity index (χ3n) is 2.61. The van der Waals surface area contributed by atoms with Gasteiger partial charge >= 0.3 is 0 Å². The first-order valence-corrected chi connectivity index (χ1v) is 5.30. The van der Waals surface area contributed by atoms with E-state index < -0.39 is 0 Å². The van der Waals surface area contributed by atoms with Crippen LogP contribution in [0.3, 0.4) is 0 Å². The number of carbonyl (C=O) groups is 1. The first-order valence-electron chi connectivity index (χ1n) is 5.30.